The lowest BCUT2D eigenvalue weighted by Gasteiger charge is -2.22. The summed E-state index contributed by atoms with van der Waals surface area (Å²) in [5.74, 6) is 0.147. The van der Waals surface area contributed by atoms with Crippen molar-refractivity contribution in [2.24, 2.45) is 0 Å². The molecule has 1 aliphatic rings. The molecular formula is C20H20FN5O3. The number of rotatable bonds is 6. The number of anilines is 1. The number of aromatic amines is 1. The van der Waals surface area contributed by atoms with Gasteiger partial charge in [0.2, 0.25) is 0 Å². The maximum atomic E-state index is 13.7. The molecule has 2 N–H and O–H groups in total. The Hall–Kier alpha value is -3.46. The van der Waals surface area contributed by atoms with Gasteiger partial charge in [-0.15, -0.1) is 0 Å². The van der Waals surface area contributed by atoms with Crippen LogP contribution in [0.25, 0.3) is 11.1 Å². The van der Waals surface area contributed by atoms with E-state index >= 15 is 0 Å². The fourth-order valence-corrected chi connectivity index (χ4v) is 3.37. The number of pyridine rings is 1. The minimum atomic E-state index is -0.466. The van der Waals surface area contributed by atoms with E-state index in [4.69, 9.17) is 4.74 Å². The van der Waals surface area contributed by atoms with Crippen LogP contribution >= 0.6 is 0 Å². The van der Waals surface area contributed by atoms with Crippen LogP contribution < -0.4 is 9.64 Å². The first-order chi connectivity index (χ1) is 14.1. The second-order valence-corrected chi connectivity index (χ2v) is 6.72. The molecule has 1 unspecified atom stereocenters. The number of urea groups is 1. The van der Waals surface area contributed by atoms with E-state index in [-0.39, 0.29) is 24.9 Å². The smallest absolute Gasteiger partial charge is 0.326 e. The van der Waals surface area contributed by atoms with Crippen molar-refractivity contribution in [3.8, 4) is 16.9 Å². The van der Waals surface area contributed by atoms with Gasteiger partial charge in [0, 0.05) is 30.1 Å². The largest absolute Gasteiger partial charge is 0.494 e. The third-order valence-electron chi connectivity index (χ3n) is 4.95. The highest BCUT2D eigenvalue weighted by molar-refractivity contribution is 5.93. The Morgan fingerprint density at radius 3 is 2.79 bits per heavy atom. The second kappa shape index (κ2) is 7.88. The highest BCUT2D eigenvalue weighted by atomic mass is 19.1. The number of aliphatic hydroxyl groups is 1. The molecule has 1 atom stereocenters. The van der Waals surface area contributed by atoms with Crippen LogP contribution in [0.1, 0.15) is 5.56 Å². The van der Waals surface area contributed by atoms with Crippen LogP contribution in [-0.4, -0.2) is 57.5 Å². The molecule has 0 bridgehead atoms. The van der Waals surface area contributed by atoms with Crippen molar-refractivity contribution < 1.29 is 19.0 Å². The molecule has 3 heterocycles. The summed E-state index contributed by atoms with van der Waals surface area (Å²) < 4.78 is 18.7. The van der Waals surface area contributed by atoms with Crippen molar-refractivity contribution >= 4 is 11.8 Å². The molecule has 4 rings (SSSR count). The third kappa shape index (κ3) is 3.64. The van der Waals surface area contributed by atoms with Crippen LogP contribution in [0.3, 0.4) is 0 Å². The van der Waals surface area contributed by atoms with E-state index in [0.29, 0.717) is 17.9 Å². The van der Waals surface area contributed by atoms with Gasteiger partial charge in [0.1, 0.15) is 5.82 Å². The van der Waals surface area contributed by atoms with Gasteiger partial charge in [0.05, 0.1) is 32.5 Å². The van der Waals surface area contributed by atoms with E-state index in [2.05, 4.69) is 15.2 Å². The van der Waals surface area contributed by atoms with Gasteiger partial charge < -0.3 is 14.7 Å². The highest BCUT2D eigenvalue weighted by Gasteiger charge is 2.38. The summed E-state index contributed by atoms with van der Waals surface area (Å²) in [6.07, 6.45) is 5.13. The number of H-pyrrole nitrogens is 1. The molecule has 1 aliphatic heterocycles. The third-order valence-corrected chi connectivity index (χ3v) is 4.95. The summed E-state index contributed by atoms with van der Waals surface area (Å²) in [6.45, 7) is 0.351. The van der Waals surface area contributed by atoms with Crippen LogP contribution in [0.4, 0.5) is 15.0 Å². The second-order valence-electron chi connectivity index (χ2n) is 6.72. The zero-order valence-electron chi connectivity index (χ0n) is 15.7. The number of benzene rings is 1. The lowest BCUT2D eigenvalue weighted by molar-refractivity contribution is 0.161. The molecule has 0 aliphatic carbocycles. The number of nitrogens with one attached hydrogen (secondary N) is 1. The number of aliphatic hydroxyl groups excluding tert-OH is 1. The minimum absolute atomic E-state index is 0.114. The number of hydrogen-bond donors (Lipinski definition) is 2. The van der Waals surface area contributed by atoms with Crippen molar-refractivity contribution in [1.29, 1.82) is 0 Å². The van der Waals surface area contributed by atoms with E-state index in [9.17, 15) is 14.3 Å². The van der Waals surface area contributed by atoms with E-state index in [1.807, 2.05) is 6.07 Å². The highest BCUT2D eigenvalue weighted by Crippen LogP contribution is 2.27. The van der Waals surface area contributed by atoms with Gasteiger partial charge in [-0.1, -0.05) is 6.07 Å². The van der Waals surface area contributed by atoms with E-state index < -0.39 is 11.9 Å². The molecular weight excluding hydrogens is 377 g/mol. The number of carbonyl (C=O) groups excluding carboxylic acids is 1. The van der Waals surface area contributed by atoms with Crippen molar-refractivity contribution in [2.45, 2.75) is 12.6 Å². The number of carbonyl (C=O) groups is 1. The van der Waals surface area contributed by atoms with E-state index in [1.54, 1.807) is 41.7 Å². The molecule has 2 aromatic heterocycles. The lowest BCUT2D eigenvalue weighted by atomic mass is 10.1. The molecule has 150 valence electrons. The summed E-state index contributed by atoms with van der Waals surface area (Å²) in [5.41, 5.74) is 2.49. The van der Waals surface area contributed by atoms with Gasteiger partial charge in [-0.25, -0.2) is 14.2 Å². The quantitative estimate of drug-likeness (QED) is 0.666. The topological polar surface area (TPSA) is 94.6 Å². The van der Waals surface area contributed by atoms with Gasteiger partial charge in [0.25, 0.3) is 0 Å². The molecule has 2 amide bonds. The van der Waals surface area contributed by atoms with E-state index in [1.165, 1.54) is 18.1 Å². The standard InChI is InChI=1S/C20H20FN5O3/c1-29-18-6-13(2-4-17(18)21)10-25-16(12-27)11-26(20(25)28)19-5-3-14(7-22-19)15-8-23-24-9-15/h2-9,16,27H,10-12H2,1H3,(H,23,24). The zero-order valence-corrected chi connectivity index (χ0v) is 15.7. The average molecular weight is 397 g/mol. The molecule has 1 saturated heterocycles. The van der Waals surface area contributed by atoms with Gasteiger partial charge in [-0.2, -0.15) is 5.10 Å². The fourth-order valence-electron chi connectivity index (χ4n) is 3.37. The van der Waals surface area contributed by atoms with Gasteiger partial charge in [0.15, 0.2) is 11.6 Å². The Morgan fingerprint density at radius 2 is 2.14 bits per heavy atom. The molecule has 8 nitrogen and oxygen atoms in total. The first-order valence-electron chi connectivity index (χ1n) is 9.07. The van der Waals surface area contributed by atoms with Crippen molar-refractivity contribution in [3.63, 3.8) is 0 Å². The fraction of sp³-hybridized carbons (Fsp3) is 0.250. The van der Waals surface area contributed by atoms with Crippen LogP contribution in [-0.2, 0) is 6.54 Å². The summed E-state index contributed by atoms with van der Waals surface area (Å²) in [7, 11) is 1.39. The van der Waals surface area contributed by atoms with Crippen LogP contribution in [0.15, 0.2) is 48.9 Å². The van der Waals surface area contributed by atoms with Crippen LogP contribution in [0, 0.1) is 5.82 Å². The molecule has 0 spiro atoms. The van der Waals surface area contributed by atoms with Crippen molar-refractivity contribution in [1.82, 2.24) is 20.1 Å². The minimum Gasteiger partial charge on any atom is -0.494 e. The molecule has 29 heavy (non-hydrogen) atoms. The summed E-state index contributed by atoms with van der Waals surface area (Å²) in [6, 6.07) is 7.42. The Morgan fingerprint density at radius 1 is 1.28 bits per heavy atom. The van der Waals surface area contributed by atoms with Gasteiger partial charge >= 0.3 is 6.03 Å². The predicted octanol–water partition coefficient (Wildman–Crippen LogP) is 2.42. The number of halogens is 1. The molecule has 0 saturated carbocycles. The SMILES string of the molecule is COc1cc(CN2C(=O)N(c3ccc(-c4cn[nH]c4)cn3)CC2CO)ccc1F. The van der Waals surface area contributed by atoms with Crippen LogP contribution in [0.5, 0.6) is 5.75 Å². The Bertz CT molecular complexity index is 994. The average Bonchev–Trinajstić information content (AvgIpc) is 3.39. The van der Waals surface area contributed by atoms with Crippen LogP contribution in [0.2, 0.25) is 0 Å². The van der Waals surface area contributed by atoms with E-state index in [0.717, 1.165) is 11.1 Å². The number of aromatic nitrogens is 3. The first-order valence-corrected chi connectivity index (χ1v) is 9.07. The molecule has 0 radical (unpaired) electrons. The van der Waals surface area contributed by atoms with Gasteiger partial charge in [-0.05, 0) is 29.8 Å². The molecule has 9 heteroatoms. The summed E-state index contributed by atoms with van der Waals surface area (Å²) in [4.78, 5) is 20.5. The first kappa shape index (κ1) is 18.9. The molecule has 1 aromatic carbocycles. The Labute approximate surface area is 166 Å². The lowest BCUT2D eigenvalue weighted by Crippen LogP contribution is -2.36. The number of amides is 2. The summed E-state index contributed by atoms with van der Waals surface area (Å²) in [5, 5.41) is 16.4. The molecule has 3 aromatic rings. The molecule has 1 fully saturated rings. The van der Waals surface area contributed by atoms with Crippen molar-refractivity contribution in [3.05, 3.63) is 60.3 Å². The number of ether oxygens (including phenoxy) is 1. The van der Waals surface area contributed by atoms with Gasteiger partial charge in [-0.3, -0.25) is 10.00 Å². The normalized spacial score (nSPS) is 16.5. The Kier molecular flexibility index (Phi) is 5.13. The maximum Gasteiger partial charge on any atom is 0.326 e. The van der Waals surface area contributed by atoms with Crippen molar-refractivity contribution in [2.75, 3.05) is 25.2 Å². The predicted molar refractivity (Wildman–Crippen MR) is 104 cm³/mol. The number of methoxy groups -OCH3 is 1. The monoisotopic (exact) mass is 397 g/mol. The number of hydrogen-bond acceptors (Lipinski definition) is 5. The number of nitrogens with zero attached hydrogens (tertiary/aromatic N) is 4. The maximum absolute atomic E-state index is 13.7. The Balaban J connectivity index is 1.54. The summed E-state index contributed by atoms with van der Waals surface area (Å²) >= 11 is 0. The zero-order chi connectivity index (χ0) is 20.4.